The fourth-order valence-corrected chi connectivity index (χ4v) is 14.0. The molecule has 674 valence electrons. The Morgan fingerprint density at radius 2 is 0.379 bits per heavy atom. The predicted octanol–water partition coefficient (Wildman–Crippen LogP) is 25.2. The third-order valence-corrected chi connectivity index (χ3v) is 21.3. The van der Waals surface area contributed by atoms with Gasteiger partial charge in [-0.25, -0.2) is 38.4 Å². The average Bonchev–Trinajstić information content (AvgIpc) is 0.836. The Morgan fingerprint density at radius 1 is 0.202 bits per heavy atom. The first-order valence-corrected chi connectivity index (χ1v) is 46.0. The summed E-state index contributed by atoms with van der Waals surface area (Å²) < 4.78 is 68.5. The molecule has 0 saturated heterocycles. The van der Waals surface area contributed by atoms with Crippen LogP contribution < -0.4 is 37.9 Å². The minimum atomic E-state index is -0.540. The quantitative estimate of drug-likeness (QED) is 0.0113. The van der Waals surface area contributed by atoms with E-state index in [2.05, 4.69) is 26.3 Å². The number of unbranched alkanes of at least 4 members (excludes halogenated alkanes) is 37. The molecule has 6 aromatic carbocycles. The van der Waals surface area contributed by atoms with Crippen LogP contribution in [0.25, 0.3) is 0 Å². The first-order chi connectivity index (χ1) is 60.7. The number of rotatable bonds is 73. The lowest BCUT2D eigenvalue weighted by molar-refractivity contribution is -0.138. The summed E-state index contributed by atoms with van der Waals surface area (Å²) in [6.07, 6.45) is 49.3. The van der Waals surface area contributed by atoms with Gasteiger partial charge in [-0.05, 0) is 222 Å². The highest BCUT2D eigenvalue weighted by Gasteiger charge is 2.20. The van der Waals surface area contributed by atoms with E-state index in [4.69, 9.17) is 56.8 Å². The van der Waals surface area contributed by atoms with Crippen LogP contribution in [0.5, 0.6) is 46.0 Å². The molecule has 0 aliphatic rings. The molecule has 6 rings (SSSR count). The molecule has 0 aromatic heterocycles. The van der Waals surface area contributed by atoms with Crippen LogP contribution in [0.15, 0.2) is 184 Å². The number of hydrogen-bond acceptors (Lipinski definition) is 20. The topological polar surface area (TPSA) is 247 Å². The van der Waals surface area contributed by atoms with Crippen molar-refractivity contribution < 1.29 is 95.2 Å². The van der Waals surface area contributed by atoms with Crippen LogP contribution in [-0.4, -0.2) is 101 Å². The van der Waals surface area contributed by atoms with Crippen molar-refractivity contribution in [2.45, 2.75) is 283 Å². The van der Waals surface area contributed by atoms with Gasteiger partial charge >= 0.3 is 47.8 Å². The lowest BCUT2D eigenvalue weighted by atomic mass is 10.0. The van der Waals surface area contributed by atoms with Crippen molar-refractivity contribution in [3.8, 4) is 46.0 Å². The van der Waals surface area contributed by atoms with Crippen molar-refractivity contribution in [2.24, 2.45) is 0 Å². The molecule has 0 unspecified atom stereocenters. The molecule has 0 radical (unpaired) electrons. The highest BCUT2D eigenvalue weighted by molar-refractivity contribution is 5.94. The van der Waals surface area contributed by atoms with Gasteiger partial charge in [-0.1, -0.05) is 232 Å². The maximum Gasteiger partial charge on any atom is 0.343 e. The van der Waals surface area contributed by atoms with Crippen LogP contribution >= 0.6 is 0 Å². The summed E-state index contributed by atoms with van der Waals surface area (Å²) in [6, 6.07) is 37.9. The SMILES string of the molecule is C=CC(=O)OCCCCCCCCCCCOc1ccc(C(=O)Oc2ccc(OC(=O)c3ccc(OCCCCCCCCCCCOC(=O)C=C)cc3)c(CCCCCCCCc3cc(OC(=O)c4ccc(OCCCCCCCCCCCOC(=O)C=C)cc4)ccc3OC(=O)c3ccc(OCCCCCCCCCCCOC(=O)C=C)cc3)c2)cc1. The molecule has 0 aliphatic carbocycles. The third kappa shape index (κ3) is 46.6. The van der Waals surface area contributed by atoms with Gasteiger partial charge in [-0.2, -0.15) is 0 Å². The van der Waals surface area contributed by atoms with Crippen LogP contribution in [0.1, 0.15) is 322 Å². The molecule has 124 heavy (non-hydrogen) atoms. The van der Waals surface area contributed by atoms with E-state index in [1.165, 1.54) is 50.0 Å². The van der Waals surface area contributed by atoms with E-state index in [9.17, 15) is 38.4 Å². The molecule has 0 atom stereocenters. The molecule has 20 heteroatoms. The van der Waals surface area contributed by atoms with E-state index in [0.717, 1.165) is 244 Å². The lowest BCUT2D eigenvalue weighted by Crippen LogP contribution is -2.11. The van der Waals surface area contributed by atoms with Gasteiger partial charge in [-0.15, -0.1) is 0 Å². The first-order valence-electron chi connectivity index (χ1n) is 46.0. The Bertz CT molecular complexity index is 3790. The summed E-state index contributed by atoms with van der Waals surface area (Å²) in [5, 5.41) is 0. The zero-order valence-corrected chi connectivity index (χ0v) is 73.8. The number of aryl methyl sites for hydroxylation is 2. The Labute approximate surface area is 737 Å². The van der Waals surface area contributed by atoms with E-state index < -0.39 is 23.9 Å². The second-order valence-electron chi connectivity index (χ2n) is 31.4. The second-order valence-corrected chi connectivity index (χ2v) is 31.4. The lowest BCUT2D eigenvalue weighted by Gasteiger charge is -2.14. The summed E-state index contributed by atoms with van der Waals surface area (Å²) in [5.74, 6) is 0.360. The third-order valence-electron chi connectivity index (χ3n) is 21.3. The molecule has 0 aliphatic heterocycles. The Kier molecular flexibility index (Phi) is 54.2. The van der Waals surface area contributed by atoms with Crippen LogP contribution in [0.4, 0.5) is 0 Å². The van der Waals surface area contributed by atoms with Gasteiger partial charge in [0.25, 0.3) is 0 Å². The largest absolute Gasteiger partial charge is 0.494 e. The first kappa shape index (κ1) is 102. The molecular weight excluding hydrogens is 1570 g/mol. The van der Waals surface area contributed by atoms with Gasteiger partial charge in [-0.3, -0.25) is 0 Å². The smallest absolute Gasteiger partial charge is 0.343 e. The molecule has 20 nitrogen and oxygen atoms in total. The van der Waals surface area contributed by atoms with E-state index in [1.54, 1.807) is 133 Å². The maximum atomic E-state index is 13.9. The molecule has 0 heterocycles. The monoisotopic (exact) mass is 1710 g/mol. The number of carbonyl (C=O) groups excluding carboxylic acids is 8. The molecule has 0 fully saturated rings. The summed E-state index contributed by atoms with van der Waals surface area (Å²) in [4.78, 5) is 100.0. The predicted molar refractivity (Wildman–Crippen MR) is 486 cm³/mol. The highest BCUT2D eigenvalue weighted by Crippen LogP contribution is 2.32. The summed E-state index contributed by atoms with van der Waals surface area (Å²) in [5.41, 5.74) is 2.85. The molecular formula is C104H138O20. The van der Waals surface area contributed by atoms with Gasteiger partial charge in [0.15, 0.2) is 0 Å². The van der Waals surface area contributed by atoms with E-state index in [-0.39, 0.29) is 23.9 Å². The van der Waals surface area contributed by atoms with Crippen molar-refractivity contribution in [3.63, 3.8) is 0 Å². The molecule has 0 N–H and O–H groups in total. The number of carbonyl (C=O) groups is 8. The van der Waals surface area contributed by atoms with E-state index in [1.807, 2.05) is 0 Å². The number of benzene rings is 6. The molecule has 0 amide bonds. The highest BCUT2D eigenvalue weighted by atomic mass is 16.6. The van der Waals surface area contributed by atoms with Gasteiger partial charge in [0.05, 0.1) is 75.1 Å². The van der Waals surface area contributed by atoms with Crippen molar-refractivity contribution in [3.05, 3.63) is 217 Å². The van der Waals surface area contributed by atoms with Crippen molar-refractivity contribution in [2.75, 3.05) is 52.9 Å². The van der Waals surface area contributed by atoms with Gasteiger partial charge in [0, 0.05) is 24.3 Å². The van der Waals surface area contributed by atoms with Crippen molar-refractivity contribution in [1.29, 1.82) is 0 Å². The fraction of sp³-hybridized carbons (Fsp3) is 0.500. The molecule has 0 bridgehead atoms. The number of esters is 8. The zero-order valence-electron chi connectivity index (χ0n) is 73.8. The zero-order chi connectivity index (χ0) is 88.3. The Morgan fingerprint density at radius 3 is 0.589 bits per heavy atom. The summed E-state index contributed by atoms with van der Waals surface area (Å²) >= 11 is 0. The van der Waals surface area contributed by atoms with Crippen LogP contribution in [0.2, 0.25) is 0 Å². The van der Waals surface area contributed by atoms with E-state index >= 15 is 0 Å². The van der Waals surface area contributed by atoms with Gasteiger partial charge in [0.1, 0.15) is 46.0 Å². The molecule has 0 spiro atoms. The van der Waals surface area contributed by atoms with E-state index in [0.29, 0.717) is 145 Å². The normalized spacial score (nSPS) is 10.9. The van der Waals surface area contributed by atoms with Crippen molar-refractivity contribution >= 4 is 47.8 Å². The number of ether oxygens (including phenoxy) is 12. The average molecular weight is 1710 g/mol. The van der Waals surface area contributed by atoms with Gasteiger partial charge < -0.3 is 56.8 Å². The molecule has 6 aromatic rings. The van der Waals surface area contributed by atoms with Crippen LogP contribution in [0, 0.1) is 0 Å². The van der Waals surface area contributed by atoms with Crippen LogP contribution in [0.3, 0.4) is 0 Å². The summed E-state index contributed by atoms with van der Waals surface area (Å²) in [7, 11) is 0. The minimum absolute atomic E-state index is 0.310. The summed E-state index contributed by atoms with van der Waals surface area (Å²) in [6.45, 7) is 17.7. The fourth-order valence-electron chi connectivity index (χ4n) is 14.0. The second kappa shape index (κ2) is 65.8. The Balaban J connectivity index is 1.01. The molecule has 0 saturated carbocycles. The maximum absolute atomic E-state index is 13.9. The van der Waals surface area contributed by atoms with Crippen LogP contribution in [-0.2, 0) is 51.0 Å². The number of hydrogen-bond donors (Lipinski definition) is 0. The Hall–Kier alpha value is -10.8. The minimum Gasteiger partial charge on any atom is -0.494 e. The van der Waals surface area contributed by atoms with Crippen molar-refractivity contribution in [1.82, 2.24) is 0 Å². The standard InChI is InChI=1S/C104H138O20/c1-5-97(105)117-77-47-37-27-17-9-13-23-33-43-73-113-89-61-53-83(54-62-89)101(109)121-93-69-71-95(123-103(111)85-57-65-91(66-58-85)115-75-45-35-25-15-11-19-29-39-49-79-119-99(107)7-3)87(81-93)51-41-31-21-22-32-42-52-88-82-94(122-102(110)84-55-63-90(64-56-84)114-74-44-34-24-14-10-18-28-38-48-78-118-98(106)6-2)70-72-96(88)124-104(112)86-59-67-92(68-60-86)116-76-46-36-26-16-12-20-30-40-50-80-120-100(108)8-4/h5-8,53-72,81-82H,1-4,9-52,73-80H2. The van der Waals surface area contributed by atoms with Gasteiger partial charge in [0.2, 0.25) is 0 Å².